The van der Waals surface area contributed by atoms with E-state index in [2.05, 4.69) is 32.4 Å². The number of aromatic nitrogens is 2. The smallest absolute Gasteiger partial charge is 0.310 e. The van der Waals surface area contributed by atoms with Crippen LogP contribution in [0.5, 0.6) is 0 Å². The molecule has 0 aliphatic rings. The number of rotatable bonds is 7. The van der Waals surface area contributed by atoms with E-state index < -0.39 is 0 Å². The van der Waals surface area contributed by atoms with E-state index in [1.165, 1.54) is 12.8 Å². The van der Waals surface area contributed by atoms with Gasteiger partial charge in [0.05, 0.1) is 25.3 Å². The van der Waals surface area contributed by atoms with Crippen LogP contribution in [-0.2, 0) is 28.8 Å². The number of ether oxygens (including phenoxy) is 1. The van der Waals surface area contributed by atoms with Gasteiger partial charge < -0.3 is 4.74 Å². The quantitative estimate of drug-likeness (QED) is 0.712. The minimum absolute atomic E-state index is 0.187. The minimum atomic E-state index is -0.187. The molecule has 0 amide bonds. The Morgan fingerprint density at radius 3 is 2.26 bits per heavy atom. The second-order valence-electron chi connectivity index (χ2n) is 4.75. The maximum Gasteiger partial charge on any atom is 0.310 e. The van der Waals surface area contributed by atoms with Crippen LogP contribution < -0.4 is 0 Å². The second kappa shape index (κ2) is 7.31. The van der Waals surface area contributed by atoms with E-state index in [4.69, 9.17) is 9.84 Å². The molecule has 0 N–H and O–H groups in total. The van der Waals surface area contributed by atoms with Gasteiger partial charge in [-0.15, -0.1) is 0 Å². The third-order valence-corrected chi connectivity index (χ3v) is 3.71. The summed E-state index contributed by atoms with van der Waals surface area (Å²) in [4.78, 5) is 11.6. The van der Waals surface area contributed by atoms with Crippen LogP contribution in [0.15, 0.2) is 0 Å². The molecule has 4 nitrogen and oxygen atoms in total. The zero-order chi connectivity index (χ0) is 14.4. The molecule has 0 spiro atoms. The molecule has 4 heteroatoms. The standard InChI is InChI=1S/C15H26N2O2/c1-6-11(7-2)17-14(9-4)12(10-15(18)19-5)13(8-3)16-17/h11H,6-10H2,1-5H3. The van der Waals surface area contributed by atoms with E-state index in [1.54, 1.807) is 0 Å². The molecule has 1 heterocycles. The van der Waals surface area contributed by atoms with Gasteiger partial charge in [0.15, 0.2) is 0 Å². The molecule has 0 atom stereocenters. The Hall–Kier alpha value is -1.32. The lowest BCUT2D eigenvalue weighted by Crippen LogP contribution is -2.13. The lowest BCUT2D eigenvalue weighted by atomic mass is 10.1. The molecule has 0 bridgehead atoms. The van der Waals surface area contributed by atoms with E-state index in [0.717, 1.165) is 36.9 Å². The summed E-state index contributed by atoms with van der Waals surface area (Å²) >= 11 is 0. The van der Waals surface area contributed by atoms with Crippen LogP contribution in [0.4, 0.5) is 0 Å². The number of methoxy groups -OCH3 is 1. The van der Waals surface area contributed by atoms with Gasteiger partial charge in [0.1, 0.15) is 0 Å². The zero-order valence-electron chi connectivity index (χ0n) is 12.8. The highest BCUT2D eigenvalue weighted by Crippen LogP contribution is 2.24. The molecule has 0 aliphatic heterocycles. The number of hydrogen-bond acceptors (Lipinski definition) is 3. The molecule has 0 radical (unpaired) electrons. The van der Waals surface area contributed by atoms with Gasteiger partial charge in [0.2, 0.25) is 0 Å². The molecule has 19 heavy (non-hydrogen) atoms. The van der Waals surface area contributed by atoms with E-state index in [1.807, 2.05) is 0 Å². The van der Waals surface area contributed by atoms with Crippen molar-refractivity contribution < 1.29 is 9.53 Å². The predicted octanol–water partition coefficient (Wildman–Crippen LogP) is 3.08. The number of carbonyl (C=O) groups is 1. The van der Waals surface area contributed by atoms with Crippen molar-refractivity contribution in [3.63, 3.8) is 0 Å². The summed E-state index contributed by atoms with van der Waals surface area (Å²) in [6, 6.07) is 0.423. The first-order valence-electron chi connectivity index (χ1n) is 7.28. The first kappa shape index (κ1) is 15.7. The Bertz CT molecular complexity index is 420. The molecule has 0 fully saturated rings. The average Bonchev–Trinajstić information content (AvgIpc) is 2.77. The Morgan fingerprint density at radius 2 is 1.84 bits per heavy atom. The van der Waals surface area contributed by atoms with Crippen LogP contribution in [0, 0.1) is 0 Å². The molecular formula is C15H26N2O2. The molecule has 108 valence electrons. The fraction of sp³-hybridized carbons (Fsp3) is 0.733. The summed E-state index contributed by atoms with van der Waals surface area (Å²) in [5, 5.41) is 4.74. The summed E-state index contributed by atoms with van der Waals surface area (Å²) in [5.41, 5.74) is 3.30. The lowest BCUT2D eigenvalue weighted by molar-refractivity contribution is -0.139. The number of esters is 1. The Kier molecular flexibility index (Phi) is 6.06. The van der Waals surface area contributed by atoms with Gasteiger partial charge in [0.25, 0.3) is 0 Å². The number of nitrogens with zero attached hydrogens (tertiary/aromatic N) is 2. The molecule has 0 aromatic carbocycles. The van der Waals surface area contributed by atoms with Gasteiger partial charge in [-0.3, -0.25) is 9.48 Å². The third-order valence-electron chi connectivity index (χ3n) is 3.71. The topological polar surface area (TPSA) is 44.1 Å². The largest absolute Gasteiger partial charge is 0.469 e. The number of hydrogen-bond donors (Lipinski definition) is 0. The van der Waals surface area contributed by atoms with Crippen molar-refractivity contribution in [3.05, 3.63) is 17.0 Å². The van der Waals surface area contributed by atoms with E-state index in [0.29, 0.717) is 12.5 Å². The summed E-state index contributed by atoms with van der Waals surface area (Å²) < 4.78 is 6.94. The van der Waals surface area contributed by atoms with E-state index in [9.17, 15) is 4.79 Å². The number of carbonyl (C=O) groups excluding carboxylic acids is 1. The molecule has 0 unspecified atom stereocenters. The van der Waals surface area contributed by atoms with Gasteiger partial charge in [-0.2, -0.15) is 5.10 Å². The van der Waals surface area contributed by atoms with Crippen molar-refractivity contribution in [1.82, 2.24) is 9.78 Å². The second-order valence-corrected chi connectivity index (χ2v) is 4.75. The molecular weight excluding hydrogens is 240 g/mol. The lowest BCUT2D eigenvalue weighted by Gasteiger charge is -2.16. The van der Waals surface area contributed by atoms with Crippen molar-refractivity contribution in [2.45, 2.75) is 65.8 Å². The molecule has 0 saturated heterocycles. The molecule has 0 aliphatic carbocycles. The first-order valence-corrected chi connectivity index (χ1v) is 7.28. The number of aryl methyl sites for hydroxylation is 1. The summed E-state index contributed by atoms with van der Waals surface area (Å²) in [7, 11) is 1.44. The summed E-state index contributed by atoms with van der Waals surface area (Å²) in [6.07, 6.45) is 4.21. The Balaban J connectivity index is 3.23. The fourth-order valence-electron chi connectivity index (χ4n) is 2.57. The van der Waals surface area contributed by atoms with Crippen molar-refractivity contribution in [3.8, 4) is 0 Å². The Morgan fingerprint density at radius 1 is 1.21 bits per heavy atom. The van der Waals surface area contributed by atoms with Gasteiger partial charge >= 0.3 is 5.97 Å². The molecule has 1 aromatic heterocycles. The highest BCUT2D eigenvalue weighted by atomic mass is 16.5. The van der Waals surface area contributed by atoms with E-state index >= 15 is 0 Å². The summed E-state index contributed by atoms with van der Waals surface area (Å²) in [5.74, 6) is -0.187. The van der Waals surface area contributed by atoms with Crippen LogP contribution in [0.25, 0.3) is 0 Å². The SMILES string of the molecule is CCc1nn(C(CC)CC)c(CC)c1CC(=O)OC. The van der Waals surface area contributed by atoms with Crippen LogP contribution in [0.1, 0.15) is 63.5 Å². The zero-order valence-corrected chi connectivity index (χ0v) is 12.8. The highest BCUT2D eigenvalue weighted by Gasteiger charge is 2.21. The van der Waals surface area contributed by atoms with Crippen molar-refractivity contribution in [1.29, 1.82) is 0 Å². The monoisotopic (exact) mass is 266 g/mol. The van der Waals surface area contributed by atoms with Gasteiger partial charge in [-0.25, -0.2) is 0 Å². The summed E-state index contributed by atoms with van der Waals surface area (Å²) in [6.45, 7) is 8.57. The van der Waals surface area contributed by atoms with Crippen molar-refractivity contribution >= 4 is 5.97 Å². The van der Waals surface area contributed by atoms with Crippen LogP contribution >= 0.6 is 0 Å². The first-order chi connectivity index (χ1) is 9.12. The normalized spacial score (nSPS) is 11.1. The van der Waals surface area contributed by atoms with Gasteiger partial charge in [-0.1, -0.05) is 27.7 Å². The highest BCUT2D eigenvalue weighted by molar-refractivity contribution is 5.73. The van der Waals surface area contributed by atoms with Crippen molar-refractivity contribution in [2.24, 2.45) is 0 Å². The van der Waals surface area contributed by atoms with E-state index in [-0.39, 0.29) is 5.97 Å². The van der Waals surface area contributed by atoms with Crippen LogP contribution in [0.2, 0.25) is 0 Å². The maximum atomic E-state index is 11.6. The van der Waals surface area contributed by atoms with Gasteiger partial charge in [0, 0.05) is 11.3 Å². The minimum Gasteiger partial charge on any atom is -0.469 e. The molecule has 0 saturated carbocycles. The predicted molar refractivity (Wildman–Crippen MR) is 76.3 cm³/mol. The van der Waals surface area contributed by atoms with Crippen molar-refractivity contribution in [2.75, 3.05) is 7.11 Å². The fourth-order valence-corrected chi connectivity index (χ4v) is 2.57. The maximum absolute atomic E-state index is 11.6. The Labute approximate surface area is 116 Å². The molecule has 1 rings (SSSR count). The van der Waals surface area contributed by atoms with Gasteiger partial charge in [-0.05, 0) is 25.7 Å². The van der Waals surface area contributed by atoms with Crippen LogP contribution in [0.3, 0.4) is 0 Å². The van der Waals surface area contributed by atoms with Crippen LogP contribution in [-0.4, -0.2) is 22.9 Å². The third kappa shape index (κ3) is 3.37. The molecule has 1 aromatic rings. The average molecular weight is 266 g/mol.